The summed E-state index contributed by atoms with van der Waals surface area (Å²) in [6.45, 7) is 2.24. The monoisotopic (exact) mass is 418 g/mol. The van der Waals surface area contributed by atoms with Crippen LogP contribution in [-0.4, -0.2) is 30.8 Å². The molecule has 0 bridgehead atoms. The summed E-state index contributed by atoms with van der Waals surface area (Å²) in [7, 11) is -3.85. The molecule has 0 spiro atoms. The molecule has 0 aliphatic heterocycles. The molecular formula is C19H19ClN4O3S. The number of para-hydroxylation sites is 1. The number of halogens is 1. The largest absolute Gasteiger partial charge is 0.352 e. The molecule has 0 saturated heterocycles. The van der Waals surface area contributed by atoms with Gasteiger partial charge < -0.3 is 10.3 Å². The third-order valence-electron chi connectivity index (χ3n) is 3.98. The first-order valence-corrected chi connectivity index (χ1v) is 10.4. The highest BCUT2D eigenvalue weighted by Crippen LogP contribution is 2.21. The van der Waals surface area contributed by atoms with E-state index in [0.717, 1.165) is 11.5 Å². The van der Waals surface area contributed by atoms with E-state index in [0.29, 0.717) is 18.0 Å². The zero-order chi connectivity index (χ0) is 20.1. The van der Waals surface area contributed by atoms with Gasteiger partial charge >= 0.3 is 0 Å². The van der Waals surface area contributed by atoms with E-state index < -0.39 is 10.0 Å². The van der Waals surface area contributed by atoms with Crippen molar-refractivity contribution in [3.05, 3.63) is 76.8 Å². The number of rotatable bonds is 7. The second kappa shape index (κ2) is 8.45. The number of anilines is 1. The Morgan fingerprint density at radius 2 is 1.86 bits per heavy atom. The van der Waals surface area contributed by atoms with E-state index in [1.54, 1.807) is 30.5 Å². The first-order chi connectivity index (χ1) is 13.3. The first kappa shape index (κ1) is 19.9. The molecule has 146 valence electrons. The van der Waals surface area contributed by atoms with Gasteiger partial charge in [-0.25, -0.2) is 13.4 Å². The molecule has 0 aliphatic rings. The van der Waals surface area contributed by atoms with E-state index in [4.69, 9.17) is 11.6 Å². The molecule has 0 saturated carbocycles. The summed E-state index contributed by atoms with van der Waals surface area (Å²) in [6.07, 6.45) is 2.31. The molecule has 0 aliphatic carbocycles. The number of benzene rings is 2. The van der Waals surface area contributed by atoms with Crippen molar-refractivity contribution in [1.82, 2.24) is 15.3 Å². The number of aromatic nitrogens is 2. The minimum atomic E-state index is -3.85. The molecule has 1 amide bonds. The molecule has 0 fully saturated rings. The summed E-state index contributed by atoms with van der Waals surface area (Å²) in [4.78, 5) is 19.8. The van der Waals surface area contributed by atoms with E-state index in [1.165, 1.54) is 24.3 Å². The summed E-state index contributed by atoms with van der Waals surface area (Å²) < 4.78 is 27.7. The third kappa shape index (κ3) is 4.90. The molecule has 2 aromatic carbocycles. The minimum absolute atomic E-state index is 0.0572. The fraction of sp³-hybridized carbons (Fsp3) is 0.158. The average molecular weight is 419 g/mol. The maximum absolute atomic E-state index is 12.6. The summed E-state index contributed by atoms with van der Waals surface area (Å²) in [5.41, 5.74) is 1.35. The SMILES string of the molecule is Cc1ncc(CCNC(=O)c2ccccc2NS(=O)(=O)c2ccc(Cl)cc2)[nH]1. The number of carbonyl (C=O) groups is 1. The minimum Gasteiger partial charge on any atom is -0.352 e. The van der Waals surface area contributed by atoms with Crippen LogP contribution >= 0.6 is 11.6 Å². The number of nitrogens with zero attached hydrogens (tertiary/aromatic N) is 1. The number of nitrogens with one attached hydrogen (secondary N) is 3. The zero-order valence-corrected chi connectivity index (χ0v) is 16.6. The number of imidazole rings is 1. The third-order valence-corrected chi connectivity index (χ3v) is 5.61. The molecule has 7 nitrogen and oxygen atoms in total. The molecule has 3 N–H and O–H groups in total. The van der Waals surface area contributed by atoms with Crippen molar-refractivity contribution in [2.24, 2.45) is 0 Å². The van der Waals surface area contributed by atoms with Crippen molar-refractivity contribution >= 4 is 33.2 Å². The topological polar surface area (TPSA) is 104 Å². The Balaban J connectivity index is 1.71. The Bertz CT molecular complexity index is 1080. The van der Waals surface area contributed by atoms with Crippen LogP contribution in [0, 0.1) is 6.92 Å². The Morgan fingerprint density at radius 3 is 2.54 bits per heavy atom. The van der Waals surface area contributed by atoms with Gasteiger partial charge in [-0.1, -0.05) is 23.7 Å². The molecule has 9 heteroatoms. The molecule has 1 heterocycles. The lowest BCUT2D eigenvalue weighted by atomic mass is 10.1. The van der Waals surface area contributed by atoms with Crippen LogP contribution < -0.4 is 10.0 Å². The standard InChI is InChI=1S/C19H19ClN4O3S/c1-13-22-12-15(23-13)10-11-21-19(25)17-4-2-3-5-18(17)24-28(26,27)16-8-6-14(20)7-9-16/h2-9,12,24H,10-11H2,1H3,(H,21,25)(H,22,23). The van der Waals surface area contributed by atoms with Crippen LogP contribution in [0.4, 0.5) is 5.69 Å². The Labute approximate surface area is 168 Å². The quantitative estimate of drug-likeness (QED) is 0.548. The van der Waals surface area contributed by atoms with Gasteiger partial charge in [-0.2, -0.15) is 0 Å². The molecule has 3 aromatic rings. The Morgan fingerprint density at radius 1 is 1.14 bits per heavy atom. The van der Waals surface area contributed by atoms with E-state index in [-0.39, 0.29) is 22.1 Å². The number of hydrogen-bond acceptors (Lipinski definition) is 4. The Hall–Kier alpha value is -2.84. The van der Waals surface area contributed by atoms with Gasteiger partial charge in [0.2, 0.25) is 0 Å². The number of aryl methyl sites for hydroxylation is 1. The van der Waals surface area contributed by atoms with Crippen molar-refractivity contribution in [3.63, 3.8) is 0 Å². The smallest absolute Gasteiger partial charge is 0.261 e. The van der Waals surface area contributed by atoms with Crippen LogP contribution in [0.25, 0.3) is 0 Å². The number of H-pyrrole nitrogens is 1. The second-order valence-corrected chi connectivity index (χ2v) is 8.22. The molecule has 0 atom stereocenters. The van der Waals surface area contributed by atoms with Crippen molar-refractivity contribution in [2.45, 2.75) is 18.2 Å². The lowest BCUT2D eigenvalue weighted by Crippen LogP contribution is -2.27. The first-order valence-electron chi connectivity index (χ1n) is 8.51. The summed E-state index contributed by atoms with van der Waals surface area (Å²) in [5, 5.41) is 3.23. The number of amides is 1. The van der Waals surface area contributed by atoms with Crippen molar-refractivity contribution < 1.29 is 13.2 Å². The van der Waals surface area contributed by atoms with E-state index in [2.05, 4.69) is 20.0 Å². The zero-order valence-electron chi connectivity index (χ0n) is 15.1. The predicted octanol–water partition coefficient (Wildman–Crippen LogP) is 3.14. The number of sulfonamides is 1. The highest BCUT2D eigenvalue weighted by Gasteiger charge is 2.18. The molecule has 0 radical (unpaired) electrons. The fourth-order valence-electron chi connectivity index (χ4n) is 2.59. The van der Waals surface area contributed by atoms with Gasteiger partial charge in [0.15, 0.2) is 0 Å². The van der Waals surface area contributed by atoms with E-state index in [1.807, 2.05) is 6.92 Å². The number of carbonyl (C=O) groups excluding carboxylic acids is 1. The van der Waals surface area contributed by atoms with Crippen LogP contribution in [0.2, 0.25) is 5.02 Å². The van der Waals surface area contributed by atoms with E-state index in [9.17, 15) is 13.2 Å². The Kier molecular flexibility index (Phi) is 6.01. The van der Waals surface area contributed by atoms with Crippen LogP contribution in [0.5, 0.6) is 0 Å². The molecule has 28 heavy (non-hydrogen) atoms. The second-order valence-electron chi connectivity index (χ2n) is 6.10. The average Bonchev–Trinajstić information content (AvgIpc) is 3.07. The van der Waals surface area contributed by atoms with Crippen molar-refractivity contribution in [1.29, 1.82) is 0 Å². The lowest BCUT2D eigenvalue weighted by molar-refractivity contribution is 0.0955. The van der Waals surface area contributed by atoms with Gasteiger partial charge in [0.25, 0.3) is 15.9 Å². The van der Waals surface area contributed by atoms with Gasteiger partial charge in [-0.05, 0) is 43.3 Å². The van der Waals surface area contributed by atoms with Gasteiger partial charge in [-0.3, -0.25) is 9.52 Å². The van der Waals surface area contributed by atoms with Gasteiger partial charge in [0.05, 0.1) is 16.1 Å². The summed E-state index contributed by atoms with van der Waals surface area (Å²) in [6, 6.07) is 12.2. The predicted molar refractivity (Wildman–Crippen MR) is 108 cm³/mol. The van der Waals surface area contributed by atoms with Crippen LogP contribution in [0.15, 0.2) is 59.6 Å². The normalized spacial score (nSPS) is 11.2. The van der Waals surface area contributed by atoms with Crippen LogP contribution in [-0.2, 0) is 16.4 Å². The molecule has 1 aromatic heterocycles. The summed E-state index contributed by atoms with van der Waals surface area (Å²) >= 11 is 5.81. The van der Waals surface area contributed by atoms with Crippen molar-refractivity contribution in [3.8, 4) is 0 Å². The highest BCUT2D eigenvalue weighted by molar-refractivity contribution is 7.92. The lowest BCUT2D eigenvalue weighted by Gasteiger charge is -2.13. The van der Waals surface area contributed by atoms with Crippen LogP contribution in [0.3, 0.4) is 0 Å². The molecular weight excluding hydrogens is 400 g/mol. The molecule has 3 rings (SSSR count). The number of hydrogen-bond donors (Lipinski definition) is 3. The fourth-order valence-corrected chi connectivity index (χ4v) is 3.80. The highest BCUT2D eigenvalue weighted by atomic mass is 35.5. The maximum atomic E-state index is 12.6. The van der Waals surface area contributed by atoms with Crippen LogP contribution in [0.1, 0.15) is 21.9 Å². The summed E-state index contributed by atoms with van der Waals surface area (Å²) in [5.74, 6) is 0.439. The van der Waals surface area contributed by atoms with Crippen molar-refractivity contribution in [2.75, 3.05) is 11.3 Å². The number of aromatic amines is 1. The van der Waals surface area contributed by atoms with E-state index >= 15 is 0 Å². The van der Waals surface area contributed by atoms with Gasteiger partial charge in [0, 0.05) is 29.9 Å². The van der Waals surface area contributed by atoms with Gasteiger partial charge in [-0.15, -0.1) is 0 Å². The molecule has 0 unspecified atom stereocenters. The maximum Gasteiger partial charge on any atom is 0.261 e. The van der Waals surface area contributed by atoms with Gasteiger partial charge in [0.1, 0.15) is 5.82 Å².